The molecular formula is C12H16INO3. The number of carbonyl (C=O) groups excluding carboxylic acids is 1. The van der Waals surface area contributed by atoms with E-state index in [0.717, 1.165) is 3.57 Å². The lowest BCUT2D eigenvalue weighted by Gasteiger charge is -2.20. The van der Waals surface area contributed by atoms with Gasteiger partial charge in [0.2, 0.25) is 0 Å². The Morgan fingerprint density at radius 2 is 2.24 bits per heavy atom. The van der Waals surface area contributed by atoms with Gasteiger partial charge >= 0.3 is 0 Å². The quantitative estimate of drug-likeness (QED) is 0.829. The number of hydrogen-bond acceptors (Lipinski definition) is 3. The van der Waals surface area contributed by atoms with E-state index in [1.54, 1.807) is 24.1 Å². The zero-order valence-corrected chi connectivity index (χ0v) is 12.1. The van der Waals surface area contributed by atoms with E-state index in [4.69, 9.17) is 4.74 Å². The van der Waals surface area contributed by atoms with Gasteiger partial charge in [0, 0.05) is 25.8 Å². The van der Waals surface area contributed by atoms with Crippen LogP contribution in [0.1, 0.15) is 17.3 Å². The number of methoxy groups -OCH3 is 1. The van der Waals surface area contributed by atoms with Crippen molar-refractivity contribution in [3.63, 3.8) is 0 Å². The van der Waals surface area contributed by atoms with Gasteiger partial charge in [-0.2, -0.15) is 0 Å². The molecule has 0 aliphatic heterocycles. The van der Waals surface area contributed by atoms with E-state index < -0.39 is 0 Å². The number of aromatic hydroxyl groups is 1. The monoisotopic (exact) mass is 349 g/mol. The van der Waals surface area contributed by atoms with E-state index in [-0.39, 0.29) is 11.7 Å². The Kier molecular flexibility index (Phi) is 5.70. The number of hydrogen-bond donors (Lipinski definition) is 1. The van der Waals surface area contributed by atoms with Crippen molar-refractivity contribution in [1.29, 1.82) is 0 Å². The zero-order valence-electron chi connectivity index (χ0n) is 9.94. The maximum Gasteiger partial charge on any atom is 0.254 e. The maximum absolute atomic E-state index is 12.1. The van der Waals surface area contributed by atoms with Crippen LogP contribution in [-0.4, -0.2) is 42.7 Å². The predicted molar refractivity (Wildman–Crippen MR) is 74.3 cm³/mol. The maximum atomic E-state index is 12.1. The first-order chi connectivity index (χ1) is 8.10. The van der Waals surface area contributed by atoms with Gasteiger partial charge in [-0.05, 0) is 47.7 Å². The summed E-state index contributed by atoms with van der Waals surface area (Å²) >= 11 is 2.02. The van der Waals surface area contributed by atoms with Gasteiger partial charge in [-0.25, -0.2) is 0 Å². The standard InChI is InChI=1S/C12H16INO3/c1-3-14(6-7-17-2)12(16)9-4-5-10(13)11(15)8-9/h4-5,8,15H,3,6-7H2,1-2H3. The SMILES string of the molecule is CCN(CCOC)C(=O)c1ccc(I)c(O)c1. The molecule has 1 amide bonds. The van der Waals surface area contributed by atoms with Crippen LogP contribution >= 0.6 is 22.6 Å². The van der Waals surface area contributed by atoms with Crippen LogP contribution in [-0.2, 0) is 4.74 Å². The predicted octanol–water partition coefficient (Wildman–Crippen LogP) is 2.11. The van der Waals surface area contributed by atoms with Crippen LogP contribution in [0.15, 0.2) is 18.2 Å². The van der Waals surface area contributed by atoms with Crippen molar-refractivity contribution < 1.29 is 14.6 Å². The average molecular weight is 349 g/mol. The van der Waals surface area contributed by atoms with Crippen molar-refractivity contribution in [3.05, 3.63) is 27.3 Å². The second-order valence-corrected chi connectivity index (χ2v) is 4.71. The fourth-order valence-corrected chi connectivity index (χ4v) is 1.77. The fraction of sp³-hybridized carbons (Fsp3) is 0.417. The Morgan fingerprint density at radius 3 is 2.76 bits per heavy atom. The highest BCUT2D eigenvalue weighted by Crippen LogP contribution is 2.21. The number of ether oxygens (including phenoxy) is 1. The van der Waals surface area contributed by atoms with Crippen molar-refractivity contribution in [2.75, 3.05) is 26.8 Å². The van der Waals surface area contributed by atoms with Crippen molar-refractivity contribution in [2.45, 2.75) is 6.92 Å². The van der Waals surface area contributed by atoms with Crippen molar-refractivity contribution in [3.8, 4) is 5.75 Å². The molecule has 0 aliphatic rings. The molecule has 94 valence electrons. The summed E-state index contributed by atoms with van der Waals surface area (Å²) in [5.41, 5.74) is 0.501. The fourth-order valence-electron chi connectivity index (χ4n) is 1.43. The first-order valence-corrected chi connectivity index (χ1v) is 6.44. The van der Waals surface area contributed by atoms with Crippen LogP contribution in [0, 0.1) is 3.57 Å². The first kappa shape index (κ1) is 14.2. The van der Waals surface area contributed by atoms with Gasteiger partial charge in [0.1, 0.15) is 5.75 Å². The largest absolute Gasteiger partial charge is 0.507 e. The number of amides is 1. The summed E-state index contributed by atoms with van der Waals surface area (Å²) in [4.78, 5) is 13.8. The molecule has 5 heteroatoms. The molecule has 0 heterocycles. The number of benzene rings is 1. The molecule has 0 saturated carbocycles. The molecule has 0 saturated heterocycles. The van der Waals surface area contributed by atoms with Crippen LogP contribution in [0.5, 0.6) is 5.75 Å². The van der Waals surface area contributed by atoms with Crippen LogP contribution < -0.4 is 0 Å². The summed E-state index contributed by atoms with van der Waals surface area (Å²) in [6, 6.07) is 4.95. The molecule has 0 unspecified atom stereocenters. The second kappa shape index (κ2) is 6.80. The highest BCUT2D eigenvalue weighted by molar-refractivity contribution is 14.1. The minimum Gasteiger partial charge on any atom is -0.507 e. The molecule has 1 rings (SSSR count). The number of phenolic OH excluding ortho intramolecular Hbond substituents is 1. The van der Waals surface area contributed by atoms with E-state index in [1.807, 2.05) is 29.5 Å². The van der Waals surface area contributed by atoms with E-state index in [2.05, 4.69) is 0 Å². The Labute approximate surface area is 115 Å². The third-order valence-corrected chi connectivity index (χ3v) is 3.34. The Bertz CT molecular complexity index is 395. The van der Waals surface area contributed by atoms with Crippen LogP contribution in [0.4, 0.5) is 0 Å². The van der Waals surface area contributed by atoms with Gasteiger partial charge < -0.3 is 14.7 Å². The molecule has 1 aromatic carbocycles. The molecule has 4 nitrogen and oxygen atoms in total. The lowest BCUT2D eigenvalue weighted by molar-refractivity contribution is 0.0706. The first-order valence-electron chi connectivity index (χ1n) is 5.36. The normalized spacial score (nSPS) is 10.3. The van der Waals surface area contributed by atoms with Crippen LogP contribution in [0.25, 0.3) is 0 Å². The summed E-state index contributed by atoms with van der Waals surface area (Å²) in [7, 11) is 1.61. The van der Waals surface area contributed by atoms with Crippen LogP contribution in [0.3, 0.4) is 0 Å². The molecular weight excluding hydrogens is 333 g/mol. The molecule has 1 aromatic rings. The third kappa shape index (κ3) is 3.85. The Hall–Kier alpha value is -0.820. The molecule has 0 atom stereocenters. The van der Waals surface area contributed by atoms with Crippen molar-refractivity contribution in [2.24, 2.45) is 0 Å². The lowest BCUT2D eigenvalue weighted by atomic mass is 10.2. The zero-order chi connectivity index (χ0) is 12.8. The van der Waals surface area contributed by atoms with Gasteiger partial charge in [-0.3, -0.25) is 4.79 Å². The number of carbonyl (C=O) groups is 1. The van der Waals surface area contributed by atoms with Crippen molar-refractivity contribution in [1.82, 2.24) is 4.90 Å². The van der Waals surface area contributed by atoms with Gasteiger partial charge in [0.25, 0.3) is 5.91 Å². The van der Waals surface area contributed by atoms with E-state index in [1.165, 1.54) is 6.07 Å². The minimum absolute atomic E-state index is 0.0868. The van der Waals surface area contributed by atoms with Gasteiger partial charge in [0.05, 0.1) is 10.2 Å². The minimum atomic E-state index is -0.0868. The van der Waals surface area contributed by atoms with Gasteiger partial charge in [0.15, 0.2) is 0 Å². The lowest BCUT2D eigenvalue weighted by Crippen LogP contribution is -2.33. The Balaban J connectivity index is 2.82. The smallest absolute Gasteiger partial charge is 0.254 e. The molecule has 0 fully saturated rings. The van der Waals surface area contributed by atoms with E-state index in [9.17, 15) is 9.90 Å². The second-order valence-electron chi connectivity index (χ2n) is 3.54. The molecule has 0 aliphatic carbocycles. The number of likely N-dealkylation sites (N-methyl/N-ethyl adjacent to an activating group) is 1. The number of rotatable bonds is 5. The van der Waals surface area contributed by atoms with Crippen molar-refractivity contribution >= 4 is 28.5 Å². The molecule has 0 bridgehead atoms. The highest BCUT2D eigenvalue weighted by Gasteiger charge is 2.14. The summed E-state index contributed by atoms with van der Waals surface area (Å²) in [6.45, 7) is 3.60. The molecule has 17 heavy (non-hydrogen) atoms. The summed E-state index contributed by atoms with van der Waals surface area (Å²) < 4.78 is 5.69. The molecule has 0 aromatic heterocycles. The summed E-state index contributed by atoms with van der Waals surface area (Å²) in [5, 5.41) is 9.58. The molecule has 0 radical (unpaired) electrons. The summed E-state index contributed by atoms with van der Waals surface area (Å²) in [6.07, 6.45) is 0. The number of halogens is 1. The highest BCUT2D eigenvalue weighted by atomic mass is 127. The van der Waals surface area contributed by atoms with E-state index in [0.29, 0.717) is 25.3 Å². The van der Waals surface area contributed by atoms with Gasteiger partial charge in [-0.15, -0.1) is 0 Å². The number of phenols is 1. The Morgan fingerprint density at radius 1 is 1.53 bits per heavy atom. The molecule has 1 N–H and O–H groups in total. The van der Waals surface area contributed by atoms with E-state index >= 15 is 0 Å². The van der Waals surface area contributed by atoms with Crippen LogP contribution in [0.2, 0.25) is 0 Å². The third-order valence-electron chi connectivity index (χ3n) is 2.43. The summed E-state index contributed by atoms with van der Waals surface area (Å²) in [5.74, 6) is 0.0514. The molecule has 0 spiro atoms. The average Bonchev–Trinajstić information content (AvgIpc) is 2.33. The topological polar surface area (TPSA) is 49.8 Å². The van der Waals surface area contributed by atoms with Gasteiger partial charge in [-0.1, -0.05) is 0 Å². The number of nitrogens with zero attached hydrogens (tertiary/aromatic N) is 1.